The summed E-state index contributed by atoms with van der Waals surface area (Å²) in [6.45, 7) is 1.31. The van der Waals surface area contributed by atoms with E-state index in [2.05, 4.69) is 10.1 Å². The molecule has 160 valence electrons. The van der Waals surface area contributed by atoms with Crippen molar-refractivity contribution in [2.75, 3.05) is 19.6 Å². The van der Waals surface area contributed by atoms with Gasteiger partial charge in [0.2, 0.25) is 0 Å². The molecule has 1 aliphatic rings. The number of carbonyl (C=O) groups excluding carboxylic acids is 1. The Balaban J connectivity index is 0.000000447. The zero-order valence-electron chi connectivity index (χ0n) is 15.6. The molecule has 0 aromatic heterocycles. The quantitative estimate of drug-likeness (QED) is 0.601. The molecule has 1 saturated heterocycles. The molecule has 1 aromatic carbocycles. The number of halogens is 2. The van der Waals surface area contributed by atoms with Gasteiger partial charge in [-0.2, -0.15) is 8.78 Å². The summed E-state index contributed by atoms with van der Waals surface area (Å²) in [5.41, 5.74) is 0.716. The molecule has 1 amide bonds. The molecule has 1 aromatic rings. The molecule has 9 nitrogen and oxygen atoms in total. The highest BCUT2D eigenvalue weighted by Crippen LogP contribution is 2.16. The molecule has 0 spiro atoms. The van der Waals surface area contributed by atoms with E-state index in [1.807, 2.05) is 6.92 Å². The van der Waals surface area contributed by atoms with Crippen LogP contribution >= 0.6 is 0 Å². The highest BCUT2D eigenvalue weighted by atomic mass is 19.3. The number of hydrogen-bond acceptors (Lipinski definition) is 6. The van der Waals surface area contributed by atoms with Crippen molar-refractivity contribution in [3.63, 3.8) is 0 Å². The molecule has 0 bridgehead atoms. The molecule has 1 aliphatic heterocycles. The average Bonchev–Trinajstić information content (AvgIpc) is 2.66. The van der Waals surface area contributed by atoms with Gasteiger partial charge in [0.15, 0.2) is 0 Å². The third-order valence-corrected chi connectivity index (χ3v) is 3.62. The molecular weight excluding hydrogens is 394 g/mol. The van der Waals surface area contributed by atoms with Crippen LogP contribution in [0.15, 0.2) is 36.4 Å². The SMILES string of the molecule is C[C@@H]1CNCCN1C(=O)OCc1ccc(OC(F)F)cc1.O=C(O)C=CC(=O)O. The molecule has 2 rings (SSSR count). The number of nitrogens with one attached hydrogen (secondary N) is 1. The monoisotopic (exact) mass is 416 g/mol. The first-order valence-corrected chi connectivity index (χ1v) is 8.50. The molecule has 0 radical (unpaired) electrons. The summed E-state index contributed by atoms with van der Waals surface area (Å²) in [4.78, 5) is 32.7. The number of benzene rings is 1. The van der Waals surface area contributed by atoms with Crippen LogP contribution in [0.1, 0.15) is 12.5 Å². The van der Waals surface area contributed by atoms with Gasteiger partial charge in [-0.25, -0.2) is 14.4 Å². The van der Waals surface area contributed by atoms with E-state index < -0.39 is 18.6 Å². The fourth-order valence-corrected chi connectivity index (χ4v) is 2.25. The Morgan fingerprint density at radius 3 is 2.28 bits per heavy atom. The van der Waals surface area contributed by atoms with E-state index in [0.717, 1.165) is 13.1 Å². The molecule has 11 heteroatoms. The normalized spacial score (nSPS) is 16.1. The molecule has 0 aliphatic carbocycles. The second-order valence-electron chi connectivity index (χ2n) is 5.83. The van der Waals surface area contributed by atoms with Crippen LogP contribution in [-0.2, 0) is 20.9 Å². The fraction of sp³-hybridized carbons (Fsp3) is 0.389. The Kier molecular flexibility index (Phi) is 10.1. The number of amides is 1. The van der Waals surface area contributed by atoms with Gasteiger partial charge in [0.1, 0.15) is 12.4 Å². The summed E-state index contributed by atoms with van der Waals surface area (Å²) in [7, 11) is 0. The van der Waals surface area contributed by atoms with E-state index in [4.69, 9.17) is 14.9 Å². The van der Waals surface area contributed by atoms with Crippen LogP contribution in [0.5, 0.6) is 5.75 Å². The number of carboxylic acids is 2. The second-order valence-corrected chi connectivity index (χ2v) is 5.83. The van der Waals surface area contributed by atoms with Gasteiger partial charge in [-0.1, -0.05) is 12.1 Å². The molecule has 1 heterocycles. The van der Waals surface area contributed by atoms with E-state index in [9.17, 15) is 23.2 Å². The number of alkyl halides is 2. The predicted molar refractivity (Wildman–Crippen MR) is 96.7 cm³/mol. The minimum absolute atomic E-state index is 0.0794. The predicted octanol–water partition coefficient (Wildman–Crippen LogP) is 1.93. The van der Waals surface area contributed by atoms with Crippen molar-refractivity contribution in [3.05, 3.63) is 42.0 Å². The standard InChI is InChI=1S/C14H18F2N2O3.C4H4O4/c1-10-8-17-6-7-18(10)14(19)20-9-11-2-4-12(5-3-11)21-13(15)16;5-3(6)1-2-4(7)8/h2-5,10,13,17H,6-9H2,1H3;1-2H,(H,5,6)(H,7,8)/t10-;/m1./s1. The van der Waals surface area contributed by atoms with E-state index in [1.54, 1.807) is 17.0 Å². The molecule has 1 fully saturated rings. The van der Waals surface area contributed by atoms with Crippen LogP contribution in [0.2, 0.25) is 0 Å². The lowest BCUT2D eigenvalue weighted by atomic mass is 10.2. The summed E-state index contributed by atoms with van der Waals surface area (Å²) < 4.78 is 33.5. The first-order chi connectivity index (χ1) is 13.7. The maximum Gasteiger partial charge on any atom is 0.410 e. The third-order valence-electron chi connectivity index (χ3n) is 3.62. The van der Waals surface area contributed by atoms with Crippen molar-refractivity contribution < 1.29 is 42.9 Å². The van der Waals surface area contributed by atoms with Gasteiger partial charge in [-0.3, -0.25) is 0 Å². The number of carboxylic acid groups (broad SMARTS) is 2. The van der Waals surface area contributed by atoms with Crippen LogP contribution in [-0.4, -0.2) is 65.4 Å². The van der Waals surface area contributed by atoms with Gasteiger partial charge in [0.25, 0.3) is 0 Å². The number of ether oxygens (including phenoxy) is 2. The zero-order chi connectivity index (χ0) is 21.8. The smallest absolute Gasteiger partial charge is 0.410 e. The molecular formula is C18H22F2N2O7. The molecule has 3 N–H and O–H groups in total. The minimum atomic E-state index is -2.84. The lowest BCUT2D eigenvalue weighted by molar-refractivity contribution is -0.134. The van der Waals surface area contributed by atoms with E-state index in [0.29, 0.717) is 24.3 Å². The first kappa shape index (κ1) is 23.8. The van der Waals surface area contributed by atoms with Gasteiger partial charge >= 0.3 is 24.6 Å². The van der Waals surface area contributed by atoms with Crippen molar-refractivity contribution >= 4 is 18.0 Å². The van der Waals surface area contributed by atoms with E-state index in [1.165, 1.54) is 12.1 Å². The van der Waals surface area contributed by atoms with Gasteiger partial charge < -0.3 is 29.9 Å². The zero-order valence-corrected chi connectivity index (χ0v) is 15.6. The molecule has 1 atom stereocenters. The van der Waals surface area contributed by atoms with Crippen molar-refractivity contribution in [2.24, 2.45) is 0 Å². The Bertz CT molecular complexity index is 695. The van der Waals surface area contributed by atoms with Gasteiger partial charge in [0.05, 0.1) is 0 Å². The summed E-state index contributed by atoms with van der Waals surface area (Å²) >= 11 is 0. The van der Waals surface area contributed by atoms with Crippen molar-refractivity contribution in [2.45, 2.75) is 26.2 Å². The highest BCUT2D eigenvalue weighted by molar-refractivity contribution is 5.89. The van der Waals surface area contributed by atoms with Crippen molar-refractivity contribution in [1.29, 1.82) is 0 Å². The summed E-state index contributed by atoms with van der Waals surface area (Å²) in [5, 5.41) is 18.8. The number of aliphatic carboxylic acids is 2. The number of hydrogen-bond donors (Lipinski definition) is 3. The second kappa shape index (κ2) is 12.3. The number of rotatable bonds is 6. The number of carbonyl (C=O) groups is 3. The maximum atomic E-state index is 12.0. The van der Waals surface area contributed by atoms with Crippen molar-refractivity contribution in [3.8, 4) is 5.75 Å². The van der Waals surface area contributed by atoms with Crippen LogP contribution in [0, 0.1) is 0 Å². The van der Waals surface area contributed by atoms with Crippen LogP contribution in [0.25, 0.3) is 0 Å². The lowest BCUT2D eigenvalue weighted by Gasteiger charge is -2.32. The highest BCUT2D eigenvalue weighted by Gasteiger charge is 2.24. The Hall–Kier alpha value is -3.21. The summed E-state index contributed by atoms with van der Waals surface area (Å²) in [6.07, 6.45) is 0.752. The first-order valence-electron chi connectivity index (χ1n) is 8.50. The Morgan fingerprint density at radius 1 is 1.21 bits per heavy atom. The Morgan fingerprint density at radius 2 is 1.79 bits per heavy atom. The molecule has 0 unspecified atom stereocenters. The van der Waals surface area contributed by atoms with Gasteiger partial charge in [-0.05, 0) is 24.6 Å². The Labute approximate surface area is 165 Å². The van der Waals surface area contributed by atoms with Crippen LogP contribution < -0.4 is 10.1 Å². The lowest BCUT2D eigenvalue weighted by Crippen LogP contribution is -2.52. The summed E-state index contributed by atoms with van der Waals surface area (Å²) in [6, 6.07) is 6.11. The van der Waals surface area contributed by atoms with E-state index in [-0.39, 0.29) is 24.5 Å². The fourth-order valence-electron chi connectivity index (χ4n) is 2.25. The minimum Gasteiger partial charge on any atom is -0.478 e. The van der Waals surface area contributed by atoms with Gasteiger partial charge in [-0.15, -0.1) is 0 Å². The maximum absolute atomic E-state index is 12.0. The average molecular weight is 416 g/mol. The van der Waals surface area contributed by atoms with Crippen LogP contribution in [0.3, 0.4) is 0 Å². The third kappa shape index (κ3) is 10.1. The van der Waals surface area contributed by atoms with Crippen molar-refractivity contribution in [1.82, 2.24) is 10.2 Å². The summed E-state index contributed by atoms with van der Waals surface area (Å²) in [5.74, 6) is -2.43. The largest absolute Gasteiger partial charge is 0.478 e. The number of piperazine rings is 1. The van der Waals surface area contributed by atoms with E-state index >= 15 is 0 Å². The van der Waals surface area contributed by atoms with Crippen LogP contribution in [0.4, 0.5) is 13.6 Å². The topological polar surface area (TPSA) is 125 Å². The molecule has 29 heavy (non-hydrogen) atoms. The number of nitrogens with zero attached hydrogens (tertiary/aromatic N) is 1. The molecule has 0 saturated carbocycles. The van der Waals surface area contributed by atoms with Gasteiger partial charge in [0, 0.05) is 37.8 Å².